The molecule has 2 N–H and O–H groups in total. The molecule has 0 aliphatic heterocycles. The quantitative estimate of drug-likeness (QED) is 0.458. The minimum Gasteiger partial charge on any atom is -0.478 e. The Hall–Kier alpha value is -3.00. The Bertz CT molecular complexity index is 1010. The molecular weight excluding hydrogens is 402 g/mol. The summed E-state index contributed by atoms with van der Waals surface area (Å²) in [7, 11) is 0. The van der Waals surface area contributed by atoms with Gasteiger partial charge in [0.15, 0.2) is 0 Å². The SMILES string of the molecule is CC(Nc1c([N+](=O)[O-])cnc2cc(Br)c(C(=O)O)cc12)c1ccccc1. The molecule has 0 bridgehead atoms. The van der Waals surface area contributed by atoms with Gasteiger partial charge in [0, 0.05) is 15.9 Å². The predicted octanol–water partition coefficient (Wildman–Crippen LogP) is 4.78. The first-order chi connectivity index (χ1) is 12.4. The molecule has 2 aromatic carbocycles. The van der Waals surface area contributed by atoms with Gasteiger partial charge in [-0.25, -0.2) is 9.78 Å². The molecule has 3 aromatic rings. The lowest BCUT2D eigenvalue weighted by atomic mass is 10.1. The number of aromatic nitrogens is 1. The summed E-state index contributed by atoms with van der Waals surface area (Å²) in [4.78, 5) is 26.5. The number of benzene rings is 2. The van der Waals surface area contributed by atoms with E-state index in [4.69, 9.17) is 0 Å². The monoisotopic (exact) mass is 415 g/mol. The van der Waals surface area contributed by atoms with E-state index < -0.39 is 10.9 Å². The number of nitrogens with zero attached hydrogens (tertiary/aromatic N) is 2. The van der Waals surface area contributed by atoms with Crippen molar-refractivity contribution in [2.75, 3.05) is 5.32 Å². The molecular formula is C18H14BrN3O4. The summed E-state index contributed by atoms with van der Waals surface area (Å²) in [5.74, 6) is -1.13. The number of nitrogens with one attached hydrogen (secondary N) is 1. The van der Waals surface area contributed by atoms with Gasteiger partial charge in [0.25, 0.3) is 0 Å². The smallest absolute Gasteiger partial charge is 0.336 e. The van der Waals surface area contributed by atoms with Crippen LogP contribution in [-0.4, -0.2) is 21.0 Å². The highest BCUT2D eigenvalue weighted by atomic mass is 79.9. The minimum atomic E-state index is -1.13. The third-order valence-electron chi connectivity index (χ3n) is 4.02. The highest BCUT2D eigenvalue weighted by molar-refractivity contribution is 9.10. The van der Waals surface area contributed by atoms with Crippen molar-refractivity contribution in [1.82, 2.24) is 4.98 Å². The molecule has 132 valence electrons. The number of rotatable bonds is 5. The van der Waals surface area contributed by atoms with Crippen molar-refractivity contribution in [3.8, 4) is 0 Å². The molecule has 3 rings (SSSR count). The Kier molecular flexibility index (Phi) is 4.85. The van der Waals surface area contributed by atoms with Gasteiger partial charge in [-0.1, -0.05) is 30.3 Å². The van der Waals surface area contributed by atoms with E-state index in [-0.39, 0.29) is 23.0 Å². The summed E-state index contributed by atoms with van der Waals surface area (Å²) in [5, 5.41) is 24.3. The molecule has 0 amide bonds. The van der Waals surface area contributed by atoms with Gasteiger partial charge < -0.3 is 10.4 Å². The van der Waals surface area contributed by atoms with Gasteiger partial charge in [0.05, 0.1) is 16.0 Å². The first kappa shape index (κ1) is 17.8. The van der Waals surface area contributed by atoms with Crippen LogP contribution in [-0.2, 0) is 0 Å². The number of fused-ring (bicyclic) bond motifs is 1. The van der Waals surface area contributed by atoms with Crippen LogP contribution in [0.1, 0.15) is 28.9 Å². The number of halogens is 1. The fourth-order valence-corrected chi connectivity index (χ4v) is 3.20. The Balaban J connectivity index is 2.19. The van der Waals surface area contributed by atoms with Crippen LogP contribution in [0, 0.1) is 10.1 Å². The summed E-state index contributed by atoms with van der Waals surface area (Å²) in [6.45, 7) is 1.88. The van der Waals surface area contributed by atoms with Gasteiger partial charge in [-0.15, -0.1) is 0 Å². The molecule has 0 saturated carbocycles. The highest BCUT2D eigenvalue weighted by Crippen LogP contribution is 2.36. The molecule has 0 fully saturated rings. The number of anilines is 1. The summed E-state index contributed by atoms with van der Waals surface area (Å²) in [6.07, 6.45) is 1.18. The van der Waals surface area contributed by atoms with Crippen molar-refractivity contribution in [2.45, 2.75) is 13.0 Å². The van der Waals surface area contributed by atoms with Crippen LogP contribution in [0.4, 0.5) is 11.4 Å². The second-order valence-electron chi connectivity index (χ2n) is 5.71. The van der Waals surface area contributed by atoms with E-state index in [1.54, 1.807) is 6.07 Å². The van der Waals surface area contributed by atoms with Crippen molar-refractivity contribution in [3.05, 3.63) is 74.4 Å². The average molecular weight is 416 g/mol. The Morgan fingerprint density at radius 3 is 2.62 bits per heavy atom. The number of carboxylic acid groups (broad SMARTS) is 1. The maximum absolute atomic E-state index is 11.5. The van der Waals surface area contributed by atoms with E-state index in [0.717, 1.165) is 5.56 Å². The van der Waals surface area contributed by atoms with Crippen molar-refractivity contribution >= 4 is 44.2 Å². The van der Waals surface area contributed by atoms with Crippen molar-refractivity contribution in [3.63, 3.8) is 0 Å². The number of pyridine rings is 1. The zero-order valence-electron chi connectivity index (χ0n) is 13.6. The molecule has 0 aliphatic rings. The molecule has 0 spiro atoms. The maximum atomic E-state index is 11.5. The number of hydrogen-bond acceptors (Lipinski definition) is 5. The van der Waals surface area contributed by atoms with Crippen LogP contribution in [0.25, 0.3) is 10.9 Å². The molecule has 8 heteroatoms. The first-order valence-corrected chi connectivity index (χ1v) is 8.49. The van der Waals surface area contributed by atoms with Crippen LogP contribution in [0.3, 0.4) is 0 Å². The first-order valence-electron chi connectivity index (χ1n) is 7.70. The largest absolute Gasteiger partial charge is 0.478 e. The van der Waals surface area contributed by atoms with Crippen LogP contribution in [0.2, 0.25) is 0 Å². The normalized spacial score (nSPS) is 11.9. The lowest BCUT2D eigenvalue weighted by molar-refractivity contribution is -0.384. The van der Waals surface area contributed by atoms with Gasteiger partial charge in [0.1, 0.15) is 11.9 Å². The predicted molar refractivity (Wildman–Crippen MR) is 102 cm³/mol. The van der Waals surface area contributed by atoms with Crippen molar-refractivity contribution < 1.29 is 14.8 Å². The van der Waals surface area contributed by atoms with E-state index in [2.05, 4.69) is 26.2 Å². The van der Waals surface area contributed by atoms with Gasteiger partial charge in [-0.2, -0.15) is 0 Å². The molecule has 0 aliphatic carbocycles. The maximum Gasteiger partial charge on any atom is 0.336 e. The molecule has 1 aromatic heterocycles. The van der Waals surface area contributed by atoms with E-state index in [1.165, 1.54) is 12.3 Å². The molecule has 1 atom stereocenters. The van der Waals surface area contributed by atoms with Crippen LogP contribution < -0.4 is 5.32 Å². The number of hydrogen-bond donors (Lipinski definition) is 2. The van der Waals surface area contributed by atoms with E-state index >= 15 is 0 Å². The molecule has 0 saturated heterocycles. The second kappa shape index (κ2) is 7.09. The van der Waals surface area contributed by atoms with Crippen LogP contribution >= 0.6 is 15.9 Å². The fraction of sp³-hybridized carbons (Fsp3) is 0.111. The second-order valence-corrected chi connectivity index (χ2v) is 6.56. The summed E-state index contributed by atoms with van der Waals surface area (Å²) in [6, 6.07) is 12.2. The molecule has 1 heterocycles. The third kappa shape index (κ3) is 3.36. The molecule has 26 heavy (non-hydrogen) atoms. The fourth-order valence-electron chi connectivity index (χ4n) is 2.70. The Morgan fingerprint density at radius 1 is 1.31 bits per heavy atom. The molecule has 7 nitrogen and oxygen atoms in total. The number of carboxylic acids is 1. The topological polar surface area (TPSA) is 105 Å². The van der Waals surface area contributed by atoms with Gasteiger partial charge in [-0.05, 0) is 40.5 Å². The third-order valence-corrected chi connectivity index (χ3v) is 4.68. The number of nitro groups is 1. The van der Waals surface area contributed by atoms with E-state index in [9.17, 15) is 20.0 Å². The zero-order valence-corrected chi connectivity index (χ0v) is 15.2. The number of aromatic carboxylic acids is 1. The standard InChI is InChI=1S/C18H14BrN3O4/c1-10(11-5-3-2-4-6-11)21-17-13-7-12(18(23)24)14(19)8-15(13)20-9-16(17)22(25)26/h2-10H,1H3,(H,20,21)(H,23,24). The van der Waals surface area contributed by atoms with Crippen molar-refractivity contribution in [1.29, 1.82) is 0 Å². The summed E-state index contributed by atoms with van der Waals surface area (Å²) >= 11 is 3.20. The van der Waals surface area contributed by atoms with Gasteiger partial charge in [0.2, 0.25) is 0 Å². The lowest BCUT2D eigenvalue weighted by Gasteiger charge is -2.17. The summed E-state index contributed by atoms with van der Waals surface area (Å²) in [5.41, 5.74) is 1.44. The van der Waals surface area contributed by atoms with Gasteiger partial charge in [-0.3, -0.25) is 10.1 Å². The van der Waals surface area contributed by atoms with Crippen molar-refractivity contribution in [2.24, 2.45) is 0 Å². The number of carbonyl (C=O) groups is 1. The van der Waals surface area contributed by atoms with Gasteiger partial charge >= 0.3 is 11.7 Å². The Morgan fingerprint density at radius 2 is 2.00 bits per heavy atom. The average Bonchev–Trinajstić information content (AvgIpc) is 2.61. The minimum absolute atomic E-state index is 0.00946. The Labute approximate surface area is 157 Å². The van der Waals surface area contributed by atoms with Crippen LogP contribution in [0.5, 0.6) is 0 Å². The van der Waals surface area contributed by atoms with Crippen LogP contribution in [0.15, 0.2) is 53.1 Å². The highest BCUT2D eigenvalue weighted by Gasteiger charge is 2.22. The van der Waals surface area contributed by atoms with E-state index in [1.807, 2.05) is 37.3 Å². The lowest BCUT2D eigenvalue weighted by Crippen LogP contribution is -2.10. The molecule has 0 radical (unpaired) electrons. The summed E-state index contributed by atoms with van der Waals surface area (Å²) < 4.78 is 0.362. The zero-order chi connectivity index (χ0) is 18.8. The van der Waals surface area contributed by atoms with E-state index in [0.29, 0.717) is 15.4 Å². The molecule has 1 unspecified atom stereocenters.